The van der Waals surface area contributed by atoms with Crippen LogP contribution >= 0.6 is 0 Å². The summed E-state index contributed by atoms with van der Waals surface area (Å²) in [7, 11) is -3.19. The van der Waals surface area contributed by atoms with Crippen LogP contribution in [0.1, 0.15) is 29.5 Å². The van der Waals surface area contributed by atoms with E-state index in [1.807, 2.05) is 19.9 Å². The number of rotatable bonds is 4. The Morgan fingerprint density at radius 2 is 1.96 bits per heavy atom. The summed E-state index contributed by atoms with van der Waals surface area (Å²) in [4.78, 5) is 21.8. The Bertz CT molecular complexity index is 851. The number of aromatic amines is 1. The Morgan fingerprint density at radius 1 is 1.25 bits per heavy atom. The van der Waals surface area contributed by atoms with Gasteiger partial charge in [-0.3, -0.25) is 4.79 Å². The molecule has 130 valence electrons. The second-order valence-corrected chi connectivity index (χ2v) is 8.15. The number of imidazole rings is 1. The molecule has 0 aliphatic carbocycles. The first-order valence-corrected chi connectivity index (χ1v) is 9.75. The molecule has 1 aliphatic rings. The third-order valence-corrected chi connectivity index (χ3v) is 6.30. The maximum Gasteiger partial charge on any atom is 0.254 e. The minimum absolute atomic E-state index is 0.0725. The molecule has 8 heteroatoms. The van der Waals surface area contributed by atoms with E-state index in [2.05, 4.69) is 9.97 Å². The predicted octanol–water partition coefficient (Wildman–Crippen LogP) is 1.37. The van der Waals surface area contributed by atoms with Crippen LogP contribution < -0.4 is 0 Å². The Kier molecular flexibility index (Phi) is 4.60. The van der Waals surface area contributed by atoms with Crippen LogP contribution in [0, 0.1) is 6.92 Å². The number of nitrogens with zero attached hydrogens (tertiary/aromatic N) is 3. The molecule has 0 saturated carbocycles. The van der Waals surface area contributed by atoms with Gasteiger partial charge < -0.3 is 9.88 Å². The van der Waals surface area contributed by atoms with Gasteiger partial charge in [0.2, 0.25) is 10.0 Å². The molecule has 24 heavy (non-hydrogen) atoms. The number of carbonyl (C=O) groups excluding carboxylic acids is 1. The quantitative estimate of drug-likeness (QED) is 0.902. The summed E-state index contributed by atoms with van der Waals surface area (Å²) in [6, 6.07) is 5.40. The zero-order valence-corrected chi connectivity index (χ0v) is 14.8. The summed E-state index contributed by atoms with van der Waals surface area (Å²) in [5.41, 5.74) is 2.26. The summed E-state index contributed by atoms with van der Waals surface area (Å²) in [6.45, 7) is 5.28. The number of fused-ring (bicyclic) bond motifs is 1. The number of hydrogen-bond acceptors (Lipinski definition) is 4. The van der Waals surface area contributed by atoms with Gasteiger partial charge in [-0.15, -0.1) is 0 Å². The monoisotopic (exact) mass is 350 g/mol. The van der Waals surface area contributed by atoms with Crippen LogP contribution in [0.3, 0.4) is 0 Å². The SMILES string of the molecule is CCCS(=O)(=O)N1CCN(C(=O)c2ccc3nc(C)[nH]c3c2)CC1. The molecule has 0 unspecified atom stereocenters. The third-order valence-electron chi connectivity index (χ3n) is 4.23. The van der Waals surface area contributed by atoms with E-state index in [0.717, 1.165) is 16.9 Å². The van der Waals surface area contributed by atoms with Crippen LogP contribution in [0.4, 0.5) is 0 Å². The van der Waals surface area contributed by atoms with E-state index < -0.39 is 10.0 Å². The fourth-order valence-electron chi connectivity index (χ4n) is 3.01. The number of carbonyl (C=O) groups is 1. The lowest BCUT2D eigenvalue weighted by Crippen LogP contribution is -2.51. The smallest absolute Gasteiger partial charge is 0.254 e. The first-order chi connectivity index (χ1) is 11.4. The molecule has 2 aromatic rings. The van der Waals surface area contributed by atoms with Crippen molar-refractivity contribution in [1.29, 1.82) is 0 Å². The van der Waals surface area contributed by atoms with Crippen molar-refractivity contribution in [2.24, 2.45) is 0 Å². The first-order valence-electron chi connectivity index (χ1n) is 8.14. The fraction of sp³-hybridized carbons (Fsp3) is 0.500. The molecule has 1 aromatic carbocycles. The molecule has 1 aromatic heterocycles. The Morgan fingerprint density at radius 3 is 2.62 bits per heavy atom. The minimum atomic E-state index is -3.19. The molecular weight excluding hydrogens is 328 g/mol. The molecule has 1 saturated heterocycles. The number of sulfonamides is 1. The number of aryl methyl sites for hydroxylation is 1. The van der Waals surface area contributed by atoms with Crippen molar-refractivity contribution >= 4 is 27.0 Å². The Balaban J connectivity index is 1.70. The normalized spacial score (nSPS) is 16.7. The largest absolute Gasteiger partial charge is 0.342 e. The first kappa shape index (κ1) is 16.9. The van der Waals surface area contributed by atoms with E-state index in [9.17, 15) is 13.2 Å². The lowest BCUT2D eigenvalue weighted by Gasteiger charge is -2.34. The average Bonchev–Trinajstić information content (AvgIpc) is 2.93. The number of hydrogen-bond donors (Lipinski definition) is 1. The molecule has 7 nitrogen and oxygen atoms in total. The van der Waals surface area contributed by atoms with Gasteiger partial charge in [-0.1, -0.05) is 6.92 Å². The maximum atomic E-state index is 12.7. The number of aromatic nitrogens is 2. The van der Waals surface area contributed by atoms with Crippen LogP contribution in [0.5, 0.6) is 0 Å². The van der Waals surface area contributed by atoms with Crippen LogP contribution in [-0.2, 0) is 10.0 Å². The van der Waals surface area contributed by atoms with Gasteiger partial charge in [0.15, 0.2) is 0 Å². The second kappa shape index (κ2) is 6.52. The van der Waals surface area contributed by atoms with Gasteiger partial charge in [0.1, 0.15) is 5.82 Å². The summed E-state index contributed by atoms with van der Waals surface area (Å²) >= 11 is 0. The molecule has 1 aliphatic heterocycles. The summed E-state index contributed by atoms with van der Waals surface area (Å²) in [6.07, 6.45) is 0.602. The van der Waals surface area contributed by atoms with Crippen molar-refractivity contribution in [1.82, 2.24) is 19.2 Å². The lowest BCUT2D eigenvalue weighted by atomic mass is 10.1. The van der Waals surface area contributed by atoms with Crippen molar-refractivity contribution < 1.29 is 13.2 Å². The lowest BCUT2D eigenvalue weighted by molar-refractivity contribution is 0.0698. The highest BCUT2D eigenvalue weighted by molar-refractivity contribution is 7.89. The summed E-state index contributed by atoms with van der Waals surface area (Å²) < 4.78 is 25.7. The Labute approximate surface area is 141 Å². The van der Waals surface area contributed by atoms with Gasteiger partial charge in [-0.25, -0.2) is 13.4 Å². The van der Waals surface area contributed by atoms with Crippen molar-refractivity contribution in [3.63, 3.8) is 0 Å². The molecule has 3 rings (SSSR count). The van der Waals surface area contributed by atoms with Crippen molar-refractivity contribution in [2.75, 3.05) is 31.9 Å². The molecule has 0 spiro atoms. The molecule has 1 fully saturated rings. The van der Waals surface area contributed by atoms with Gasteiger partial charge in [0, 0.05) is 31.7 Å². The number of piperazine rings is 1. The second-order valence-electron chi connectivity index (χ2n) is 6.06. The number of amides is 1. The number of benzene rings is 1. The number of H-pyrrole nitrogens is 1. The van der Waals surface area contributed by atoms with Crippen molar-refractivity contribution in [2.45, 2.75) is 20.3 Å². The highest BCUT2D eigenvalue weighted by Crippen LogP contribution is 2.17. The van der Waals surface area contributed by atoms with Gasteiger partial charge in [0.25, 0.3) is 5.91 Å². The van der Waals surface area contributed by atoms with Crippen LogP contribution in [0.2, 0.25) is 0 Å². The van der Waals surface area contributed by atoms with E-state index in [0.29, 0.717) is 38.2 Å². The van der Waals surface area contributed by atoms with Crippen molar-refractivity contribution in [3.8, 4) is 0 Å². The van der Waals surface area contributed by atoms with E-state index in [-0.39, 0.29) is 11.7 Å². The maximum absolute atomic E-state index is 12.7. The highest BCUT2D eigenvalue weighted by Gasteiger charge is 2.28. The predicted molar refractivity (Wildman–Crippen MR) is 92.4 cm³/mol. The van der Waals surface area contributed by atoms with E-state index in [4.69, 9.17) is 0 Å². The van der Waals surface area contributed by atoms with E-state index in [1.54, 1.807) is 17.0 Å². The van der Waals surface area contributed by atoms with Gasteiger partial charge in [0.05, 0.1) is 16.8 Å². The standard InChI is InChI=1S/C16H22N4O3S/c1-3-10-24(22,23)20-8-6-19(7-9-20)16(21)13-4-5-14-15(11-13)18-12(2)17-14/h4-5,11H,3,6-10H2,1-2H3,(H,17,18). The van der Waals surface area contributed by atoms with E-state index in [1.165, 1.54) is 4.31 Å². The number of nitrogens with one attached hydrogen (secondary N) is 1. The van der Waals surface area contributed by atoms with Crippen LogP contribution in [-0.4, -0.2) is 65.4 Å². The van der Waals surface area contributed by atoms with Crippen LogP contribution in [0.25, 0.3) is 11.0 Å². The molecule has 0 radical (unpaired) electrons. The van der Waals surface area contributed by atoms with Crippen molar-refractivity contribution in [3.05, 3.63) is 29.6 Å². The zero-order chi connectivity index (χ0) is 17.3. The summed E-state index contributed by atoms with van der Waals surface area (Å²) in [5, 5.41) is 0. The van der Waals surface area contributed by atoms with Gasteiger partial charge >= 0.3 is 0 Å². The topological polar surface area (TPSA) is 86.4 Å². The molecule has 0 atom stereocenters. The molecule has 1 N–H and O–H groups in total. The molecule has 2 heterocycles. The minimum Gasteiger partial charge on any atom is -0.342 e. The molecule has 0 bridgehead atoms. The average molecular weight is 350 g/mol. The fourth-order valence-corrected chi connectivity index (χ4v) is 4.50. The molecule has 1 amide bonds. The zero-order valence-electron chi connectivity index (χ0n) is 13.9. The van der Waals surface area contributed by atoms with Crippen LogP contribution in [0.15, 0.2) is 18.2 Å². The van der Waals surface area contributed by atoms with E-state index >= 15 is 0 Å². The highest BCUT2D eigenvalue weighted by atomic mass is 32.2. The Hall–Kier alpha value is -1.93. The molecular formula is C16H22N4O3S. The van der Waals surface area contributed by atoms with Gasteiger partial charge in [-0.2, -0.15) is 4.31 Å². The van der Waals surface area contributed by atoms with Gasteiger partial charge in [-0.05, 0) is 31.5 Å². The third kappa shape index (κ3) is 3.29. The summed E-state index contributed by atoms with van der Waals surface area (Å²) in [5.74, 6) is 0.901.